The molecule has 0 aliphatic heterocycles. The van der Waals surface area contributed by atoms with Crippen molar-refractivity contribution in [3.8, 4) is 11.1 Å². The van der Waals surface area contributed by atoms with Crippen LogP contribution >= 0.6 is 0 Å². The van der Waals surface area contributed by atoms with Crippen molar-refractivity contribution in [1.29, 1.82) is 0 Å². The number of rotatable bonds is 5. The number of benzene rings is 5. The van der Waals surface area contributed by atoms with Crippen LogP contribution in [0.2, 0.25) is 0 Å². The van der Waals surface area contributed by atoms with Gasteiger partial charge in [-0.3, -0.25) is 4.99 Å². The molecule has 1 nitrogen and oxygen atoms in total. The first kappa shape index (κ1) is 22.6. The predicted octanol–water partition coefficient (Wildman–Crippen LogP) is 9.58. The van der Waals surface area contributed by atoms with Crippen LogP contribution in [0.3, 0.4) is 0 Å². The van der Waals surface area contributed by atoms with Crippen LogP contribution in [-0.2, 0) is 0 Å². The van der Waals surface area contributed by atoms with E-state index in [1.165, 1.54) is 49.0 Å². The number of nitrogens with zero attached hydrogens (tertiary/aromatic N) is 1. The summed E-state index contributed by atoms with van der Waals surface area (Å²) in [6.07, 6.45) is 3.63. The van der Waals surface area contributed by atoms with E-state index in [2.05, 4.69) is 112 Å². The highest BCUT2D eigenvalue weighted by Gasteiger charge is 2.17. The van der Waals surface area contributed by atoms with Crippen LogP contribution in [0.15, 0.2) is 127 Å². The van der Waals surface area contributed by atoms with Gasteiger partial charge in [0, 0.05) is 11.3 Å². The van der Waals surface area contributed by atoms with Crippen LogP contribution in [0, 0.1) is 6.92 Å². The van der Waals surface area contributed by atoms with E-state index in [0.717, 1.165) is 22.5 Å². The molecule has 0 aliphatic rings. The van der Waals surface area contributed by atoms with Crippen LogP contribution in [0.25, 0.3) is 43.4 Å². The molecule has 5 aromatic carbocycles. The van der Waals surface area contributed by atoms with E-state index < -0.39 is 0 Å². The summed E-state index contributed by atoms with van der Waals surface area (Å²) in [4.78, 5) is 4.99. The quantitative estimate of drug-likeness (QED) is 0.143. The predicted molar refractivity (Wildman–Crippen MR) is 154 cm³/mol. The molecule has 1 heteroatoms. The molecule has 0 bridgehead atoms. The summed E-state index contributed by atoms with van der Waals surface area (Å²) in [5.74, 6) is 0. The van der Waals surface area contributed by atoms with Crippen LogP contribution in [0.5, 0.6) is 0 Å². The smallest absolute Gasteiger partial charge is 0.0656 e. The van der Waals surface area contributed by atoms with Gasteiger partial charge in [-0.05, 0) is 81.9 Å². The molecule has 0 fully saturated rings. The highest BCUT2D eigenvalue weighted by Crippen LogP contribution is 2.40. The molecule has 5 rings (SSSR count). The summed E-state index contributed by atoms with van der Waals surface area (Å²) in [6.45, 7) is 14.1. The highest BCUT2D eigenvalue weighted by molar-refractivity contribution is 6.25. The first-order chi connectivity index (χ1) is 17.0. The molecule has 0 spiro atoms. The molecule has 5 aromatic rings. The Hall–Kier alpha value is -4.23. The van der Waals surface area contributed by atoms with Gasteiger partial charge in [0.25, 0.3) is 0 Å². The Morgan fingerprint density at radius 2 is 1.26 bits per heavy atom. The van der Waals surface area contributed by atoms with Gasteiger partial charge in [-0.2, -0.15) is 0 Å². The molecule has 0 saturated carbocycles. The molecule has 170 valence electrons. The summed E-state index contributed by atoms with van der Waals surface area (Å²) in [6, 6.07) is 30.8. The number of hydrogen-bond acceptors (Lipinski definition) is 1. The van der Waals surface area contributed by atoms with E-state index in [-0.39, 0.29) is 0 Å². The van der Waals surface area contributed by atoms with Gasteiger partial charge in [-0.1, -0.05) is 104 Å². The lowest BCUT2D eigenvalue weighted by molar-refractivity contribution is 1.31. The minimum Gasteiger partial charge on any atom is -0.253 e. The zero-order valence-electron chi connectivity index (χ0n) is 20.6. The second kappa shape index (κ2) is 9.19. The van der Waals surface area contributed by atoms with Crippen molar-refractivity contribution >= 4 is 38.0 Å². The maximum atomic E-state index is 4.99. The molecule has 0 radical (unpaired) electrons. The van der Waals surface area contributed by atoms with E-state index in [1.54, 1.807) is 6.08 Å². The molecular weight excluding hydrogens is 422 g/mol. The third-order valence-corrected chi connectivity index (χ3v) is 6.77. The summed E-state index contributed by atoms with van der Waals surface area (Å²) in [5.41, 5.74) is 7.75. The summed E-state index contributed by atoms with van der Waals surface area (Å²) < 4.78 is 0. The van der Waals surface area contributed by atoms with Crippen LogP contribution in [0.1, 0.15) is 25.0 Å². The molecular formula is C34H29N. The van der Waals surface area contributed by atoms with Gasteiger partial charge < -0.3 is 0 Å². The molecule has 0 atom stereocenters. The third kappa shape index (κ3) is 4.00. The van der Waals surface area contributed by atoms with Crippen molar-refractivity contribution in [2.24, 2.45) is 4.99 Å². The van der Waals surface area contributed by atoms with Crippen molar-refractivity contribution in [3.63, 3.8) is 0 Å². The Morgan fingerprint density at radius 3 is 1.86 bits per heavy atom. The van der Waals surface area contributed by atoms with E-state index in [1.807, 2.05) is 13.0 Å². The summed E-state index contributed by atoms with van der Waals surface area (Å²) in [5, 5.41) is 7.38. The maximum Gasteiger partial charge on any atom is 0.0656 e. The number of aryl methyl sites for hydroxylation is 1. The zero-order valence-corrected chi connectivity index (χ0v) is 20.6. The lowest BCUT2D eigenvalue weighted by Gasteiger charge is -2.18. The largest absolute Gasteiger partial charge is 0.253 e. The summed E-state index contributed by atoms with van der Waals surface area (Å²) in [7, 11) is 0. The monoisotopic (exact) mass is 451 g/mol. The van der Waals surface area contributed by atoms with Crippen molar-refractivity contribution in [2.75, 3.05) is 0 Å². The molecule has 0 heterocycles. The van der Waals surface area contributed by atoms with Crippen molar-refractivity contribution in [2.45, 2.75) is 20.8 Å². The van der Waals surface area contributed by atoms with Gasteiger partial charge in [0.15, 0.2) is 0 Å². The molecule has 0 aromatic heterocycles. The van der Waals surface area contributed by atoms with Crippen molar-refractivity contribution in [1.82, 2.24) is 0 Å². The maximum absolute atomic E-state index is 4.99. The Morgan fingerprint density at radius 1 is 0.686 bits per heavy atom. The minimum atomic E-state index is 0.847. The molecule has 0 amide bonds. The molecule has 0 aliphatic carbocycles. The van der Waals surface area contributed by atoms with Gasteiger partial charge in [0.1, 0.15) is 0 Å². The summed E-state index contributed by atoms with van der Waals surface area (Å²) >= 11 is 0. The number of aliphatic imine (C=N–C) groups is 1. The SMILES string of the molecule is C=C/C(C)=C(\C=C)N=C(C)c1c2ccccc2c(-c2ccc3cc(C)ccc3c2)c2ccccc12. The molecule has 0 N–H and O–H groups in total. The fourth-order valence-electron chi connectivity index (χ4n) is 4.99. The third-order valence-electron chi connectivity index (χ3n) is 6.77. The Bertz CT molecular complexity index is 1640. The first-order valence-corrected chi connectivity index (χ1v) is 12.0. The van der Waals surface area contributed by atoms with Gasteiger partial charge in [-0.25, -0.2) is 0 Å². The lowest BCUT2D eigenvalue weighted by Crippen LogP contribution is -2.01. The standard InChI is InChI=1S/C34H29N/c1-6-23(4)32(7-2)35-24(5)33-28-12-8-10-14-30(28)34(31-15-11-9-13-29(31)33)27-19-18-25-20-22(3)16-17-26(25)21-27/h6-21H,1-2H2,3-5H3/b32-23+,35-24?. The van der Waals surface area contributed by atoms with Crippen molar-refractivity contribution < 1.29 is 0 Å². The molecule has 0 saturated heterocycles. The molecule has 35 heavy (non-hydrogen) atoms. The van der Waals surface area contributed by atoms with Crippen LogP contribution in [-0.4, -0.2) is 5.71 Å². The number of allylic oxidation sites excluding steroid dienone is 3. The van der Waals surface area contributed by atoms with E-state index in [4.69, 9.17) is 4.99 Å². The lowest BCUT2D eigenvalue weighted by atomic mass is 9.86. The highest BCUT2D eigenvalue weighted by atomic mass is 14.8. The average molecular weight is 452 g/mol. The van der Waals surface area contributed by atoms with E-state index in [0.29, 0.717) is 0 Å². The number of fused-ring (bicyclic) bond motifs is 3. The van der Waals surface area contributed by atoms with Gasteiger partial charge >= 0.3 is 0 Å². The Labute approximate surface area is 207 Å². The Kier molecular flexibility index (Phi) is 5.93. The van der Waals surface area contributed by atoms with E-state index in [9.17, 15) is 0 Å². The van der Waals surface area contributed by atoms with Gasteiger partial charge in [0.05, 0.1) is 5.70 Å². The fraction of sp³-hybridized carbons (Fsp3) is 0.0882. The number of hydrogen-bond donors (Lipinski definition) is 0. The zero-order chi connectivity index (χ0) is 24.5. The second-order valence-electron chi connectivity index (χ2n) is 9.08. The fourth-order valence-corrected chi connectivity index (χ4v) is 4.99. The first-order valence-electron chi connectivity index (χ1n) is 12.0. The normalized spacial score (nSPS) is 12.7. The van der Waals surface area contributed by atoms with Gasteiger partial charge in [-0.15, -0.1) is 0 Å². The second-order valence-corrected chi connectivity index (χ2v) is 9.08. The van der Waals surface area contributed by atoms with Crippen molar-refractivity contribution in [3.05, 3.63) is 133 Å². The Balaban J connectivity index is 1.87. The van der Waals surface area contributed by atoms with E-state index >= 15 is 0 Å². The topological polar surface area (TPSA) is 12.4 Å². The molecule has 0 unspecified atom stereocenters. The van der Waals surface area contributed by atoms with Crippen LogP contribution in [0.4, 0.5) is 0 Å². The average Bonchev–Trinajstić information content (AvgIpc) is 2.89. The van der Waals surface area contributed by atoms with Crippen LogP contribution < -0.4 is 0 Å². The minimum absolute atomic E-state index is 0.847. The van der Waals surface area contributed by atoms with Gasteiger partial charge in [0.2, 0.25) is 0 Å².